The largest absolute Gasteiger partial charge is 0.483 e. The molecule has 8 heteroatoms. The van der Waals surface area contributed by atoms with Crippen LogP contribution in [-0.2, 0) is 9.59 Å². The predicted octanol–water partition coefficient (Wildman–Crippen LogP) is 3.07. The molecule has 28 heavy (non-hydrogen) atoms. The second-order valence-electron chi connectivity index (χ2n) is 5.90. The molecule has 0 atom stereocenters. The molecule has 0 saturated heterocycles. The summed E-state index contributed by atoms with van der Waals surface area (Å²) < 4.78 is 5.46. The Morgan fingerprint density at radius 3 is 2.61 bits per heavy atom. The smallest absolute Gasteiger partial charge is 0.276 e. The van der Waals surface area contributed by atoms with E-state index in [1.54, 1.807) is 24.3 Å². The summed E-state index contributed by atoms with van der Waals surface area (Å²) >= 11 is 11.0. The van der Waals surface area contributed by atoms with Crippen molar-refractivity contribution in [1.82, 2.24) is 16.2 Å². The van der Waals surface area contributed by atoms with Crippen LogP contribution in [0.15, 0.2) is 48.5 Å². The fourth-order valence-corrected chi connectivity index (χ4v) is 2.58. The Bertz CT molecular complexity index is 915. The summed E-state index contributed by atoms with van der Waals surface area (Å²) in [6, 6.07) is 12.8. The SMILES string of the molecule is Cc1ccc(OCC(=O)NNC(=S)NC(=O)/C=C/c2ccccc2Cl)c(C)c1. The molecule has 2 rings (SSSR count). The Morgan fingerprint density at radius 1 is 1.14 bits per heavy atom. The lowest BCUT2D eigenvalue weighted by molar-refractivity contribution is -0.123. The number of carbonyl (C=O) groups is 2. The predicted molar refractivity (Wildman–Crippen MR) is 114 cm³/mol. The lowest BCUT2D eigenvalue weighted by Gasteiger charge is -2.12. The first-order valence-corrected chi connectivity index (χ1v) is 9.16. The number of thiocarbonyl (C=S) groups is 1. The normalized spacial score (nSPS) is 10.4. The minimum Gasteiger partial charge on any atom is -0.483 e. The van der Waals surface area contributed by atoms with Crippen molar-refractivity contribution in [3.63, 3.8) is 0 Å². The van der Waals surface area contributed by atoms with E-state index in [0.717, 1.165) is 11.1 Å². The summed E-state index contributed by atoms with van der Waals surface area (Å²) in [5, 5.41) is 2.89. The van der Waals surface area contributed by atoms with Crippen LogP contribution in [0.1, 0.15) is 16.7 Å². The van der Waals surface area contributed by atoms with Gasteiger partial charge in [0.1, 0.15) is 5.75 Å². The van der Waals surface area contributed by atoms with Gasteiger partial charge >= 0.3 is 0 Å². The number of ether oxygens (including phenoxy) is 1. The zero-order valence-electron chi connectivity index (χ0n) is 15.4. The summed E-state index contributed by atoms with van der Waals surface area (Å²) in [5.41, 5.74) is 7.55. The molecule has 0 aliphatic carbocycles. The average Bonchev–Trinajstić information content (AvgIpc) is 2.65. The van der Waals surface area contributed by atoms with Crippen LogP contribution in [0.3, 0.4) is 0 Å². The number of nitrogens with one attached hydrogen (secondary N) is 3. The van der Waals surface area contributed by atoms with Gasteiger partial charge in [-0.15, -0.1) is 0 Å². The monoisotopic (exact) mass is 417 g/mol. The Labute approximate surface area is 173 Å². The number of benzene rings is 2. The van der Waals surface area contributed by atoms with Gasteiger partial charge in [0, 0.05) is 11.1 Å². The summed E-state index contributed by atoms with van der Waals surface area (Å²) in [6.07, 6.45) is 2.86. The van der Waals surface area contributed by atoms with Gasteiger partial charge in [-0.1, -0.05) is 47.5 Å². The maximum Gasteiger partial charge on any atom is 0.276 e. The molecule has 0 aliphatic heterocycles. The quantitative estimate of drug-likeness (QED) is 0.396. The Morgan fingerprint density at radius 2 is 1.89 bits per heavy atom. The van der Waals surface area contributed by atoms with Crippen molar-refractivity contribution in [2.45, 2.75) is 13.8 Å². The molecule has 0 aromatic heterocycles. The molecule has 0 spiro atoms. The zero-order valence-corrected chi connectivity index (χ0v) is 17.0. The van der Waals surface area contributed by atoms with Crippen LogP contribution in [0.2, 0.25) is 5.02 Å². The Balaban J connectivity index is 1.73. The number of hydrogen-bond acceptors (Lipinski definition) is 4. The van der Waals surface area contributed by atoms with Gasteiger partial charge in [0.2, 0.25) is 5.91 Å². The van der Waals surface area contributed by atoms with Gasteiger partial charge in [0.15, 0.2) is 11.7 Å². The molecule has 6 nitrogen and oxygen atoms in total. The van der Waals surface area contributed by atoms with Crippen molar-refractivity contribution in [1.29, 1.82) is 0 Å². The number of rotatable bonds is 5. The standard InChI is InChI=1S/C20H20ClN3O3S/c1-13-7-9-17(14(2)11-13)27-12-19(26)23-24-20(28)22-18(25)10-8-15-5-3-4-6-16(15)21/h3-11H,12H2,1-2H3,(H,23,26)(H2,22,24,25,28)/b10-8+. The lowest BCUT2D eigenvalue weighted by atomic mass is 10.1. The summed E-state index contributed by atoms with van der Waals surface area (Å²) in [6.45, 7) is 3.69. The van der Waals surface area contributed by atoms with E-state index in [2.05, 4.69) is 16.2 Å². The van der Waals surface area contributed by atoms with Crippen molar-refractivity contribution < 1.29 is 14.3 Å². The van der Waals surface area contributed by atoms with Crippen LogP contribution >= 0.6 is 23.8 Å². The lowest BCUT2D eigenvalue weighted by Crippen LogP contribution is -2.49. The van der Waals surface area contributed by atoms with Gasteiger partial charge in [0.05, 0.1) is 0 Å². The number of hydrazine groups is 1. The molecular formula is C20H20ClN3O3S. The maximum absolute atomic E-state index is 11.9. The number of aryl methyl sites for hydroxylation is 2. The van der Waals surface area contributed by atoms with Gasteiger partial charge in [-0.3, -0.25) is 25.8 Å². The molecule has 2 aromatic rings. The molecule has 146 valence electrons. The van der Waals surface area contributed by atoms with Gasteiger partial charge in [-0.2, -0.15) is 0 Å². The number of amides is 2. The first kappa shape index (κ1) is 21.4. The molecule has 0 saturated carbocycles. The van der Waals surface area contributed by atoms with Crippen molar-refractivity contribution in [3.05, 3.63) is 70.3 Å². The van der Waals surface area contributed by atoms with E-state index in [4.69, 9.17) is 28.6 Å². The molecule has 2 aromatic carbocycles. The van der Waals surface area contributed by atoms with Gasteiger partial charge in [-0.05, 0) is 55.4 Å². The molecule has 0 radical (unpaired) electrons. The average molecular weight is 418 g/mol. The molecule has 0 heterocycles. The molecule has 0 fully saturated rings. The van der Waals surface area contributed by atoms with Crippen LogP contribution in [0.4, 0.5) is 0 Å². The van der Waals surface area contributed by atoms with Crippen LogP contribution in [-0.4, -0.2) is 23.5 Å². The van der Waals surface area contributed by atoms with E-state index < -0.39 is 11.8 Å². The van der Waals surface area contributed by atoms with E-state index in [1.807, 2.05) is 38.1 Å². The van der Waals surface area contributed by atoms with Crippen molar-refractivity contribution in [2.75, 3.05) is 6.61 Å². The number of halogens is 1. The zero-order chi connectivity index (χ0) is 20.5. The van der Waals surface area contributed by atoms with Crippen molar-refractivity contribution >= 4 is 46.8 Å². The van der Waals surface area contributed by atoms with E-state index >= 15 is 0 Å². The highest BCUT2D eigenvalue weighted by molar-refractivity contribution is 7.80. The molecule has 0 unspecified atom stereocenters. The Kier molecular flexibility index (Phi) is 7.98. The molecular weight excluding hydrogens is 398 g/mol. The van der Waals surface area contributed by atoms with Gasteiger partial charge in [0.25, 0.3) is 5.91 Å². The van der Waals surface area contributed by atoms with Gasteiger partial charge in [-0.25, -0.2) is 0 Å². The van der Waals surface area contributed by atoms with E-state index in [-0.39, 0.29) is 11.7 Å². The highest BCUT2D eigenvalue weighted by atomic mass is 35.5. The van der Waals surface area contributed by atoms with Crippen molar-refractivity contribution in [2.24, 2.45) is 0 Å². The molecule has 0 aliphatic rings. The summed E-state index contributed by atoms with van der Waals surface area (Å²) in [7, 11) is 0. The van der Waals surface area contributed by atoms with E-state index in [9.17, 15) is 9.59 Å². The first-order valence-electron chi connectivity index (χ1n) is 8.37. The summed E-state index contributed by atoms with van der Waals surface area (Å²) in [4.78, 5) is 23.7. The fourth-order valence-electron chi connectivity index (χ4n) is 2.23. The third-order valence-corrected chi connectivity index (χ3v) is 4.11. The highest BCUT2D eigenvalue weighted by Gasteiger charge is 2.07. The number of hydrogen-bond donors (Lipinski definition) is 3. The minimum atomic E-state index is -0.460. The summed E-state index contributed by atoms with van der Waals surface area (Å²) in [5.74, 6) is -0.275. The third kappa shape index (κ3) is 7.02. The van der Waals surface area contributed by atoms with Crippen LogP contribution in [0, 0.1) is 13.8 Å². The van der Waals surface area contributed by atoms with Crippen LogP contribution in [0.25, 0.3) is 6.08 Å². The second-order valence-corrected chi connectivity index (χ2v) is 6.72. The molecule has 3 N–H and O–H groups in total. The fraction of sp³-hybridized carbons (Fsp3) is 0.150. The molecule has 0 bridgehead atoms. The highest BCUT2D eigenvalue weighted by Crippen LogP contribution is 2.18. The van der Waals surface area contributed by atoms with Gasteiger partial charge < -0.3 is 4.74 Å². The van der Waals surface area contributed by atoms with E-state index in [1.165, 1.54) is 6.08 Å². The topological polar surface area (TPSA) is 79.5 Å². The second kappa shape index (κ2) is 10.4. The van der Waals surface area contributed by atoms with Crippen LogP contribution < -0.4 is 20.9 Å². The van der Waals surface area contributed by atoms with Crippen LogP contribution in [0.5, 0.6) is 5.75 Å². The minimum absolute atomic E-state index is 0.0475. The van der Waals surface area contributed by atoms with E-state index in [0.29, 0.717) is 16.3 Å². The Hall–Kier alpha value is -2.90. The number of carbonyl (C=O) groups excluding carboxylic acids is 2. The molecule has 2 amide bonds. The third-order valence-electron chi connectivity index (χ3n) is 3.56. The first-order chi connectivity index (χ1) is 13.3. The van der Waals surface area contributed by atoms with Crippen molar-refractivity contribution in [3.8, 4) is 5.75 Å². The maximum atomic E-state index is 11.9.